The van der Waals surface area contributed by atoms with Gasteiger partial charge in [-0.2, -0.15) is 23.1 Å². The Balaban J connectivity index is 0. The van der Waals surface area contributed by atoms with E-state index in [1.807, 2.05) is 0 Å². The van der Waals surface area contributed by atoms with Crippen molar-refractivity contribution in [1.29, 1.82) is 0 Å². The van der Waals surface area contributed by atoms with Crippen LogP contribution in [0.25, 0.3) is 0 Å². The summed E-state index contributed by atoms with van der Waals surface area (Å²) < 4.78 is 29.0. The van der Waals surface area contributed by atoms with Gasteiger partial charge in [-0.1, -0.05) is 0 Å². The average molecular weight is 104 g/mol. The first-order chi connectivity index (χ1) is 1.73. The standard InChI is InChI=1S/CHF3.H3P/c2-1(3)4;/h1H;1H3. The van der Waals surface area contributed by atoms with Gasteiger partial charge >= 0.3 is 6.68 Å². The zero-order valence-corrected chi connectivity index (χ0v) is 3.83. The number of alkyl halides is 3. The van der Waals surface area contributed by atoms with E-state index in [4.69, 9.17) is 0 Å². The van der Waals surface area contributed by atoms with Crippen LogP contribution in [-0.2, 0) is 0 Å². The summed E-state index contributed by atoms with van der Waals surface area (Å²) in [4.78, 5) is 0. The third kappa shape index (κ3) is 430. The average Bonchev–Trinajstić information content (AvgIpc) is 0.811. The molecular formula is CH4F3P. The molecule has 0 aromatic heterocycles. The van der Waals surface area contributed by atoms with Crippen LogP contribution in [0.15, 0.2) is 0 Å². The maximum Gasteiger partial charge on any atom is 0.379 e. The van der Waals surface area contributed by atoms with Crippen molar-refractivity contribution in [2.75, 3.05) is 0 Å². The summed E-state index contributed by atoms with van der Waals surface area (Å²) in [5, 5.41) is 0. The molecular weight excluding hydrogens is 100.0 g/mol. The molecule has 0 aromatic rings. The Morgan fingerprint density at radius 2 is 1.00 bits per heavy atom. The second kappa shape index (κ2) is 4.22. The fraction of sp³-hybridized carbons (Fsp3) is 1.00. The van der Waals surface area contributed by atoms with Gasteiger partial charge in [-0.15, -0.1) is 0 Å². The van der Waals surface area contributed by atoms with Gasteiger partial charge in [-0.3, -0.25) is 0 Å². The van der Waals surface area contributed by atoms with Gasteiger partial charge in [-0.25, -0.2) is 0 Å². The number of hydrogen-bond donors (Lipinski definition) is 0. The van der Waals surface area contributed by atoms with E-state index >= 15 is 0 Å². The van der Waals surface area contributed by atoms with Crippen LogP contribution < -0.4 is 0 Å². The fourth-order valence-electron chi connectivity index (χ4n) is 0. The molecule has 4 heteroatoms. The van der Waals surface area contributed by atoms with E-state index in [-0.39, 0.29) is 9.90 Å². The molecule has 1 atom stereocenters. The Hall–Kier alpha value is 0.220. The van der Waals surface area contributed by atoms with E-state index in [2.05, 4.69) is 0 Å². The predicted molar refractivity (Wildman–Crippen MR) is 18.2 cm³/mol. The molecule has 1 unspecified atom stereocenters. The molecule has 0 aliphatic rings. The molecule has 0 radical (unpaired) electrons. The zero-order chi connectivity index (χ0) is 3.58. The third-order valence-corrected chi connectivity index (χ3v) is 0. The van der Waals surface area contributed by atoms with Gasteiger partial charge in [0.25, 0.3) is 0 Å². The van der Waals surface area contributed by atoms with Crippen LogP contribution in [0.3, 0.4) is 0 Å². The molecule has 0 amide bonds. The minimum absolute atomic E-state index is 0. The molecule has 0 aromatic carbocycles. The highest BCUT2D eigenvalue weighted by Gasteiger charge is 1.86. The molecule has 0 N–H and O–H groups in total. The van der Waals surface area contributed by atoms with Crippen LogP contribution in [0.5, 0.6) is 0 Å². The zero-order valence-electron chi connectivity index (χ0n) is 2.42. The predicted octanol–water partition coefficient (Wildman–Crippen LogP) is 1.24. The van der Waals surface area contributed by atoms with Crippen LogP contribution in [0.4, 0.5) is 13.2 Å². The minimum atomic E-state index is -3.67. The van der Waals surface area contributed by atoms with Crippen LogP contribution in [-0.4, -0.2) is 6.68 Å². The van der Waals surface area contributed by atoms with Crippen molar-refractivity contribution in [1.82, 2.24) is 0 Å². The van der Waals surface area contributed by atoms with Gasteiger partial charge in [0, 0.05) is 0 Å². The van der Waals surface area contributed by atoms with Crippen molar-refractivity contribution in [2.45, 2.75) is 6.68 Å². The van der Waals surface area contributed by atoms with Gasteiger partial charge in [0.05, 0.1) is 0 Å². The van der Waals surface area contributed by atoms with E-state index in [9.17, 15) is 13.2 Å². The van der Waals surface area contributed by atoms with Crippen molar-refractivity contribution in [2.24, 2.45) is 0 Å². The van der Waals surface area contributed by atoms with E-state index in [0.29, 0.717) is 0 Å². The summed E-state index contributed by atoms with van der Waals surface area (Å²) in [6.07, 6.45) is 0. The second-order valence-electron chi connectivity index (χ2n) is 0.247. The first kappa shape index (κ1) is 8.97. The smallest absolute Gasteiger partial charge is 0.174 e. The van der Waals surface area contributed by atoms with Crippen molar-refractivity contribution in [3.63, 3.8) is 0 Å². The van der Waals surface area contributed by atoms with E-state index in [1.165, 1.54) is 0 Å². The summed E-state index contributed by atoms with van der Waals surface area (Å²) in [5.41, 5.74) is 0. The van der Waals surface area contributed by atoms with Gasteiger partial charge in [0.2, 0.25) is 0 Å². The monoisotopic (exact) mass is 104 g/mol. The molecule has 0 spiro atoms. The third-order valence-electron chi connectivity index (χ3n) is 0. The summed E-state index contributed by atoms with van der Waals surface area (Å²) in [6.45, 7) is -3.67. The molecule has 0 bridgehead atoms. The highest BCUT2D eigenvalue weighted by Crippen LogP contribution is 1.87. The van der Waals surface area contributed by atoms with Crippen LogP contribution in [0, 0.1) is 0 Å². The van der Waals surface area contributed by atoms with Crippen molar-refractivity contribution in [3.8, 4) is 0 Å². The summed E-state index contributed by atoms with van der Waals surface area (Å²) in [7, 11) is 0. The number of rotatable bonds is 0. The maximum atomic E-state index is 9.67. The molecule has 0 aliphatic carbocycles. The molecule has 0 rings (SSSR count). The molecule has 0 fully saturated rings. The molecule has 34 valence electrons. The molecule has 0 nitrogen and oxygen atoms in total. The van der Waals surface area contributed by atoms with Gasteiger partial charge < -0.3 is 0 Å². The van der Waals surface area contributed by atoms with Crippen LogP contribution >= 0.6 is 9.90 Å². The van der Waals surface area contributed by atoms with Crippen LogP contribution in [0.1, 0.15) is 0 Å². The van der Waals surface area contributed by atoms with Crippen LogP contribution in [0.2, 0.25) is 0 Å². The van der Waals surface area contributed by atoms with Crippen molar-refractivity contribution >= 4 is 9.90 Å². The Morgan fingerprint density at radius 3 is 1.00 bits per heavy atom. The second-order valence-corrected chi connectivity index (χ2v) is 0.247. The number of hydrogen-bond acceptors (Lipinski definition) is 0. The van der Waals surface area contributed by atoms with Crippen molar-refractivity contribution < 1.29 is 13.2 Å². The lowest BCUT2D eigenvalue weighted by molar-refractivity contribution is 0.00819. The summed E-state index contributed by atoms with van der Waals surface area (Å²) in [6, 6.07) is 0. The maximum absolute atomic E-state index is 9.67. The van der Waals surface area contributed by atoms with E-state index in [0.717, 1.165) is 0 Å². The lowest BCUT2D eigenvalue weighted by atomic mass is 11.6. The van der Waals surface area contributed by atoms with Gasteiger partial charge in [-0.05, 0) is 0 Å². The Morgan fingerprint density at radius 1 is 1.00 bits per heavy atom. The quantitative estimate of drug-likeness (QED) is 0.405. The topological polar surface area (TPSA) is 0 Å². The number of halogens is 3. The largest absolute Gasteiger partial charge is 0.379 e. The summed E-state index contributed by atoms with van der Waals surface area (Å²) >= 11 is 0. The molecule has 0 saturated carbocycles. The molecule has 5 heavy (non-hydrogen) atoms. The Labute approximate surface area is 31.0 Å². The summed E-state index contributed by atoms with van der Waals surface area (Å²) in [5.74, 6) is 0. The SMILES string of the molecule is FC(F)F.P. The highest BCUT2D eigenvalue weighted by atomic mass is 31.0. The van der Waals surface area contributed by atoms with Crippen molar-refractivity contribution in [3.05, 3.63) is 0 Å². The Kier molecular flexibility index (Phi) is 7.57. The van der Waals surface area contributed by atoms with Gasteiger partial charge in [0.15, 0.2) is 0 Å². The normalized spacial score (nSPS) is 7.20. The van der Waals surface area contributed by atoms with E-state index in [1.54, 1.807) is 0 Å². The first-order valence-electron chi connectivity index (χ1n) is 0.655. The molecule has 0 saturated heterocycles. The highest BCUT2D eigenvalue weighted by molar-refractivity contribution is 6.92. The molecule has 0 aliphatic heterocycles. The lowest BCUT2D eigenvalue weighted by Crippen LogP contribution is -1.65. The molecule has 0 heterocycles. The Bertz CT molecular complexity index is 11.6. The minimum Gasteiger partial charge on any atom is -0.174 e. The van der Waals surface area contributed by atoms with Gasteiger partial charge in [0.1, 0.15) is 0 Å². The van der Waals surface area contributed by atoms with E-state index < -0.39 is 6.68 Å². The fourth-order valence-corrected chi connectivity index (χ4v) is 0. The first-order valence-corrected chi connectivity index (χ1v) is 0.655. The lowest BCUT2D eigenvalue weighted by Gasteiger charge is -1.65.